The lowest BCUT2D eigenvalue weighted by atomic mass is 9.62. The zero-order valence-electron chi connectivity index (χ0n) is 16.7. The minimum atomic E-state index is -0.520. The minimum Gasteiger partial charge on any atom is -0.448 e. The van der Waals surface area contributed by atoms with Gasteiger partial charge in [-0.05, 0) is 30.5 Å². The molecule has 0 spiro atoms. The molecule has 3 fully saturated rings. The molecule has 3 aliphatic rings. The van der Waals surface area contributed by atoms with Crippen LogP contribution in [0.2, 0.25) is 0 Å². The number of amides is 2. The summed E-state index contributed by atoms with van der Waals surface area (Å²) in [7, 11) is 1.77. The molecule has 2 aliphatic heterocycles. The number of carbonyl (C=O) groups is 2. The fraction of sp³-hybridized carbons (Fsp3) is 0.650. The van der Waals surface area contributed by atoms with Gasteiger partial charge in [-0.25, -0.2) is 4.79 Å². The number of piperidine rings is 1. The Morgan fingerprint density at radius 2 is 2.07 bits per heavy atom. The second-order valence-electron chi connectivity index (χ2n) is 7.98. The molecule has 0 radical (unpaired) electrons. The lowest BCUT2D eigenvalue weighted by Crippen LogP contribution is -2.59. The van der Waals surface area contributed by atoms with Gasteiger partial charge < -0.3 is 25.0 Å². The number of aromatic nitrogens is 1. The lowest BCUT2D eigenvalue weighted by Gasteiger charge is -2.55. The van der Waals surface area contributed by atoms with E-state index in [4.69, 9.17) is 15.2 Å². The first-order valence-corrected chi connectivity index (χ1v) is 10.00. The van der Waals surface area contributed by atoms with Gasteiger partial charge in [-0.1, -0.05) is 6.42 Å². The van der Waals surface area contributed by atoms with Crippen molar-refractivity contribution >= 4 is 24.4 Å². The highest BCUT2D eigenvalue weighted by Gasteiger charge is 2.53. The molecule has 29 heavy (non-hydrogen) atoms. The Labute approximate surface area is 177 Å². The lowest BCUT2D eigenvalue weighted by molar-refractivity contribution is -0.169. The van der Waals surface area contributed by atoms with Crippen LogP contribution in [0.3, 0.4) is 0 Å². The summed E-state index contributed by atoms with van der Waals surface area (Å²) in [5.74, 6) is 0.116. The van der Waals surface area contributed by atoms with E-state index < -0.39 is 11.5 Å². The van der Waals surface area contributed by atoms with Crippen LogP contribution in [0.5, 0.6) is 0 Å². The molecule has 2 amide bonds. The number of nitrogens with two attached hydrogens (primary N) is 1. The first-order valence-electron chi connectivity index (χ1n) is 10.00. The largest absolute Gasteiger partial charge is 0.448 e. The maximum absolute atomic E-state index is 11.7. The van der Waals surface area contributed by atoms with Crippen LogP contribution in [0.15, 0.2) is 18.3 Å². The van der Waals surface area contributed by atoms with Crippen molar-refractivity contribution in [1.29, 1.82) is 0 Å². The Morgan fingerprint density at radius 3 is 2.66 bits per heavy atom. The van der Waals surface area contributed by atoms with Crippen molar-refractivity contribution in [1.82, 2.24) is 14.8 Å². The fourth-order valence-electron chi connectivity index (χ4n) is 5.33. The summed E-state index contributed by atoms with van der Waals surface area (Å²) in [6, 6.07) is 3.75. The predicted molar refractivity (Wildman–Crippen MR) is 109 cm³/mol. The summed E-state index contributed by atoms with van der Waals surface area (Å²) in [6.45, 7) is 4.50. The molecule has 0 unspecified atom stereocenters. The van der Waals surface area contributed by atoms with Crippen LogP contribution >= 0.6 is 12.4 Å². The first kappa shape index (κ1) is 21.8. The molecule has 160 valence electrons. The maximum Gasteiger partial charge on any atom is 0.409 e. The number of nitrogens with zero attached hydrogens (tertiary/aromatic N) is 3. The van der Waals surface area contributed by atoms with Crippen molar-refractivity contribution < 1.29 is 19.1 Å². The predicted octanol–water partition coefficient (Wildman–Crippen LogP) is 1.63. The van der Waals surface area contributed by atoms with E-state index in [1.807, 2.05) is 6.07 Å². The monoisotopic (exact) mass is 424 g/mol. The van der Waals surface area contributed by atoms with Crippen LogP contribution in [-0.2, 0) is 15.1 Å². The molecule has 1 aromatic rings. The molecule has 1 saturated carbocycles. The zero-order valence-corrected chi connectivity index (χ0v) is 17.5. The van der Waals surface area contributed by atoms with E-state index in [2.05, 4.69) is 9.88 Å². The Hall–Kier alpha value is -1.90. The van der Waals surface area contributed by atoms with E-state index in [0.29, 0.717) is 31.5 Å². The van der Waals surface area contributed by atoms with Gasteiger partial charge in [0.15, 0.2) is 0 Å². The summed E-state index contributed by atoms with van der Waals surface area (Å²) in [6.07, 6.45) is 4.76. The summed E-state index contributed by atoms with van der Waals surface area (Å²) in [4.78, 5) is 31.6. The van der Waals surface area contributed by atoms with E-state index in [0.717, 1.165) is 38.0 Å². The number of ether oxygens (including phenoxy) is 2. The highest BCUT2D eigenvalue weighted by molar-refractivity contribution is 5.90. The topological polar surface area (TPSA) is 98.0 Å². The molecule has 1 aliphatic carbocycles. The van der Waals surface area contributed by atoms with Gasteiger partial charge in [-0.15, -0.1) is 12.4 Å². The van der Waals surface area contributed by atoms with E-state index >= 15 is 0 Å². The second kappa shape index (κ2) is 8.85. The Balaban J connectivity index is 0.00000240. The van der Waals surface area contributed by atoms with Gasteiger partial charge in [-0.2, -0.15) is 0 Å². The number of carbonyl (C=O) groups excluding carboxylic acids is 2. The molecule has 2 bridgehead atoms. The average Bonchev–Trinajstić information content (AvgIpc) is 3.10. The van der Waals surface area contributed by atoms with Crippen LogP contribution < -0.4 is 5.73 Å². The summed E-state index contributed by atoms with van der Waals surface area (Å²) in [5.41, 5.74) is 6.31. The van der Waals surface area contributed by atoms with Crippen LogP contribution in [-0.4, -0.2) is 73.2 Å². The van der Waals surface area contributed by atoms with Crippen molar-refractivity contribution in [3.8, 4) is 0 Å². The summed E-state index contributed by atoms with van der Waals surface area (Å²) in [5, 5.41) is 0. The van der Waals surface area contributed by atoms with Crippen molar-refractivity contribution in [2.45, 2.75) is 24.9 Å². The van der Waals surface area contributed by atoms with E-state index in [1.54, 1.807) is 24.3 Å². The number of primary amides is 1. The zero-order chi connectivity index (χ0) is 19.7. The molecule has 0 aromatic carbocycles. The van der Waals surface area contributed by atoms with Gasteiger partial charge >= 0.3 is 6.09 Å². The molecule has 4 rings (SSSR count). The summed E-state index contributed by atoms with van der Waals surface area (Å²) < 4.78 is 11.2. The Morgan fingerprint density at radius 1 is 1.34 bits per heavy atom. The molecule has 1 aromatic heterocycles. The Kier molecular flexibility index (Phi) is 6.65. The van der Waals surface area contributed by atoms with Gasteiger partial charge in [0, 0.05) is 51.3 Å². The highest BCUT2D eigenvalue weighted by Crippen LogP contribution is 2.51. The molecule has 9 heteroatoms. The third-order valence-corrected chi connectivity index (χ3v) is 6.61. The quantitative estimate of drug-likeness (QED) is 0.745. The number of hydrogen-bond donors (Lipinski definition) is 1. The van der Waals surface area contributed by atoms with Gasteiger partial charge in [0.1, 0.15) is 17.9 Å². The summed E-state index contributed by atoms with van der Waals surface area (Å²) >= 11 is 0. The highest BCUT2D eigenvalue weighted by atomic mass is 35.5. The Bertz CT molecular complexity index is 748. The van der Waals surface area contributed by atoms with Crippen LogP contribution in [0.25, 0.3) is 0 Å². The molecule has 3 atom stereocenters. The molecular weight excluding hydrogens is 396 g/mol. The first-order chi connectivity index (χ1) is 13.5. The van der Waals surface area contributed by atoms with Crippen molar-refractivity contribution in [2.24, 2.45) is 17.6 Å². The van der Waals surface area contributed by atoms with Crippen molar-refractivity contribution in [3.05, 3.63) is 29.6 Å². The number of rotatable bonds is 6. The third kappa shape index (κ3) is 3.93. The number of hydrogen-bond acceptors (Lipinski definition) is 6. The fourth-order valence-corrected chi connectivity index (χ4v) is 5.33. The van der Waals surface area contributed by atoms with Crippen molar-refractivity contribution in [3.63, 3.8) is 0 Å². The standard InChI is InChI=1S/C20H28N4O4.ClH/c1-27-20(14-5-6-22-17(11-14)18(21)25)15-3-2-4-16(20)13-23(12-15)7-8-24-9-10-28-19(24)26;/h5-6,11,15-16H,2-4,7-10,12-13H2,1H3,(H2,21,25);1H/t15-,16+,20-;. The second-order valence-corrected chi connectivity index (χ2v) is 7.98. The number of cyclic esters (lactones) is 1. The van der Waals surface area contributed by atoms with Crippen LogP contribution in [0, 0.1) is 11.8 Å². The molecule has 8 nitrogen and oxygen atoms in total. The maximum atomic E-state index is 11.7. The minimum absolute atomic E-state index is 0. The van der Waals surface area contributed by atoms with Crippen LogP contribution in [0.1, 0.15) is 35.3 Å². The third-order valence-electron chi connectivity index (χ3n) is 6.61. The molecular formula is C20H29ClN4O4. The van der Waals surface area contributed by atoms with Gasteiger partial charge in [0.05, 0.1) is 6.54 Å². The smallest absolute Gasteiger partial charge is 0.409 e. The van der Waals surface area contributed by atoms with Crippen molar-refractivity contribution in [2.75, 3.05) is 46.4 Å². The van der Waals surface area contributed by atoms with Gasteiger partial charge in [0.2, 0.25) is 0 Å². The van der Waals surface area contributed by atoms with Gasteiger partial charge in [0.25, 0.3) is 5.91 Å². The van der Waals surface area contributed by atoms with E-state index in [9.17, 15) is 9.59 Å². The number of likely N-dealkylation sites (tertiary alicyclic amines) is 1. The van der Waals surface area contributed by atoms with Gasteiger partial charge in [-0.3, -0.25) is 9.78 Å². The molecule has 2 saturated heterocycles. The molecule has 2 N–H and O–H groups in total. The number of methoxy groups -OCH3 is 1. The van der Waals surface area contributed by atoms with E-state index in [-0.39, 0.29) is 24.2 Å². The van der Waals surface area contributed by atoms with E-state index in [1.165, 1.54) is 6.42 Å². The number of halogens is 1. The molecule has 3 heterocycles. The number of pyridine rings is 1. The van der Waals surface area contributed by atoms with Crippen LogP contribution in [0.4, 0.5) is 4.79 Å². The average molecular weight is 425 g/mol. The normalized spacial score (nSPS) is 29.3. The SMILES string of the molecule is CO[C@]1(c2ccnc(C(N)=O)c2)[C@@H]2CCC[C@H]1CN(CCN1CCOC1=O)C2.Cl. The number of fused-ring (bicyclic) bond motifs is 2.